The number of hydrogen-bond acceptors (Lipinski definition) is 4. The third kappa shape index (κ3) is 3.73. The average molecular weight is 214 g/mol. The molecule has 5 heteroatoms. The van der Waals surface area contributed by atoms with E-state index in [0.29, 0.717) is 19.0 Å². The predicted octanol–water partition coefficient (Wildman–Crippen LogP) is 1.53. The maximum atomic E-state index is 10.7. The first-order valence-electron chi connectivity index (χ1n) is 4.62. The van der Waals surface area contributed by atoms with Crippen molar-refractivity contribution in [2.75, 3.05) is 20.3 Å². The lowest BCUT2D eigenvalue weighted by atomic mass is 10.2. The van der Waals surface area contributed by atoms with E-state index in [2.05, 4.69) is 0 Å². The summed E-state index contributed by atoms with van der Waals surface area (Å²) in [6.45, 7) is 1.33. The summed E-state index contributed by atoms with van der Waals surface area (Å²) in [7, 11) is 1.62. The lowest BCUT2D eigenvalue weighted by Gasteiger charge is -2.02. The molecule has 0 bridgehead atoms. The smallest absolute Gasteiger partial charge is 0.339 e. The standard InChI is InChI=1S/C10H14O5/c1-13-4-2-5-14-7-9-8(10(11)12)3-6-15-9/h3,6H,2,4-5,7H2,1H3,(H,11,12). The summed E-state index contributed by atoms with van der Waals surface area (Å²) in [5.74, 6) is -0.654. The normalized spacial score (nSPS) is 10.5. The van der Waals surface area contributed by atoms with E-state index in [1.54, 1.807) is 7.11 Å². The fourth-order valence-corrected chi connectivity index (χ4v) is 1.11. The van der Waals surface area contributed by atoms with Crippen molar-refractivity contribution in [2.45, 2.75) is 13.0 Å². The number of carboxylic acid groups (broad SMARTS) is 1. The maximum absolute atomic E-state index is 10.7. The van der Waals surface area contributed by atoms with E-state index in [0.717, 1.165) is 6.42 Å². The van der Waals surface area contributed by atoms with Gasteiger partial charge in [-0.3, -0.25) is 0 Å². The minimum atomic E-state index is -1.00. The molecule has 0 aliphatic rings. The minimum Gasteiger partial charge on any atom is -0.478 e. The zero-order valence-electron chi connectivity index (χ0n) is 8.56. The molecule has 1 N–H and O–H groups in total. The molecule has 0 amide bonds. The average Bonchev–Trinajstić information content (AvgIpc) is 2.66. The molecule has 0 fully saturated rings. The highest BCUT2D eigenvalue weighted by Gasteiger charge is 2.12. The van der Waals surface area contributed by atoms with Crippen molar-refractivity contribution in [1.29, 1.82) is 0 Å². The molecule has 1 aromatic rings. The summed E-state index contributed by atoms with van der Waals surface area (Å²) >= 11 is 0. The highest BCUT2D eigenvalue weighted by atomic mass is 16.5. The summed E-state index contributed by atoms with van der Waals surface area (Å²) in [5, 5.41) is 8.76. The molecule has 5 nitrogen and oxygen atoms in total. The van der Waals surface area contributed by atoms with Gasteiger partial charge in [-0.15, -0.1) is 0 Å². The van der Waals surface area contributed by atoms with E-state index >= 15 is 0 Å². The first-order valence-corrected chi connectivity index (χ1v) is 4.62. The lowest BCUT2D eigenvalue weighted by molar-refractivity contribution is 0.0664. The van der Waals surface area contributed by atoms with Gasteiger partial charge < -0.3 is 19.0 Å². The fourth-order valence-electron chi connectivity index (χ4n) is 1.11. The summed E-state index contributed by atoms with van der Waals surface area (Å²) in [6.07, 6.45) is 2.12. The Labute approximate surface area is 87.6 Å². The van der Waals surface area contributed by atoms with Gasteiger partial charge in [0.25, 0.3) is 0 Å². The second kappa shape index (κ2) is 6.21. The zero-order chi connectivity index (χ0) is 11.1. The van der Waals surface area contributed by atoms with Crippen LogP contribution >= 0.6 is 0 Å². The number of carbonyl (C=O) groups is 1. The zero-order valence-corrected chi connectivity index (χ0v) is 8.56. The van der Waals surface area contributed by atoms with Crippen LogP contribution in [0.1, 0.15) is 22.5 Å². The van der Waals surface area contributed by atoms with Crippen molar-refractivity contribution < 1.29 is 23.8 Å². The molecule has 84 valence electrons. The van der Waals surface area contributed by atoms with Crippen LogP contribution in [0.4, 0.5) is 0 Å². The van der Waals surface area contributed by atoms with Crippen LogP contribution in [0, 0.1) is 0 Å². The maximum Gasteiger partial charge on any atom is 0.339 e. The number of methoxy groups -OCH3 is 1. The Morgan fingerprint density at radius 1 is 1.53 bits per heavy atom. The van der Waals surface area contributed by atoms with Crippen LogP contribution in [0.25, 0.3) is 0 Å². The number of rotatable bonds is 7. The van der Waals surface area contributed by atoms with Gasteiger partial charge in [-0.1, -0.05) is 0 Å². The Bertz CT molecular complexity index is 305. The van der Waals surface area contributed by atoms with Crippen LogP contribution in [-0.4, -0.2) is 31.4 Å². The molecule has 0 aliphatic heterocycles. The van der Waals surface area contributed by atoms with Gasteiger partial charge in [-0.05, 0) is 12.5 Å². The molecule has 0 atom stereocenters. The van der Waals surface area contributed by atoms with E-state index in [-0.39, 0.29) is 12.2 Å². The highest BCUT2D eigenvalue weighted by molar-refractivity contribution is 5.88. The Hall–Kier alpha value is -1.33. The first kappa shape index (κ1) is 11.7. The molecule has 0 saturated heterocycles. The quantitative estimate of drug-likeness (QED) is 0.697. The molecule has 0 aliphatic carbocycles. The number of furan rings is 1. The van der Waals surface area contributed by atoms with Crippen LogP contribution in [0.3, 0.4) is 0 Å². The van der Waals surface area contributed by atoms with Crippen LogP contribution in [0.2, 0.25) is 0 Å². The van der Waals surface area contributed by atoms with Crippen molar-refractivity contribution in [1.82, 2.24) is 0 Å². The van der Waals surface area contributed by atoms with Crippen molar-refractivity contribution in [3.05, 3.63) is 23.7 Å². The largest absolute Gasteiger partial charge is 0.478 e. The van der Waals surface area contributed by atoms with E-state index in [9.17, 15) is 4.79 Å². The molecule has 0 aromatic carbocycles. The van der Waals surface area contributed by atoms with E-state index < -0.39 is 5.97 Å². The van der Waals surface area contributed by atoms with Crippen LogP contribution in [0.5, 0.6) is 0 Å². The number of ether oxygens (including phenoxy) is 2. The van der Waals surface area contributed by atoms with E-state index in [4.69, 9.17) is 19.0 Å². The van der Waals surface area contributed by atoms with Gasteiger partial charge in [0.2, 0.25) is 0 Å². The third-order valence-electron chi connectivity index (χ3n) is 1.85. The minimum absolute atomic E-state index is 0.154. The van der Waals surface area contributed by atoms with E-state index in [1.807, 2.05) is 0 Å². The van der Waals surface area contributed by atoms with Gasteiger partial charge in [0.15, 0.2) is 0 Å². The molecule has 1 aromatic heterocycles. The molecule has 1 rings (SSSR count). The summed E-state index contributed by atoms with van der Waals surface area (Å²) in [4.78, 5) is 10.7. The predicted molar refractivity (Wildman–Crippen MR) is 51.8 cm³/mol. The molecular weight excluding hydrogens is 200 g/mol. The second-order valence-electron chi connectivity index (χ2n) is 2.96. The van der Waals surface area contributed by atoms with Crippen LogP contribution in [-0.2, 0) is 16.1 Å². The lowest BCUT2D eigenvalue weighted by Crippen LogP contribution is -2.03. The van der Waals surface area contributed by atoms with Gasteiger partial charge in [0.05, 0.1) is 6.26 Å². The van der Waals surface area contributed by atoms with Crippen molar-refractivity contribution in [3.8, 4) is 0 Å². The number of hydrogen-bond donors (Lipinski definition) is 1. The highest BCUT2D eigenvalue weighted by Crippen LogP contribution is 2.11. The summed E-state index contributed by atoms with van der Waals surface area (Å²) in [5.41, 5.74) is 0.154. The van der Waals surface area contributed by atoms with Crippen molar-refractivity contribution >= 4 is 5.97 Å². The molecule has 0 saturated carbocycles. The Balaban J connectivity index is 2.31. The second-order valence-corrected chi connectivity index (χ2v) is 2.96. The first-order chi connectivity index (χ1) is 7.25. The van der Waals surface area contributed by atoms with Gasteiger partial charge in [0.1, 0.15) is 17.9 Å². The SMILES string of the molecule is COCCCOCc1occc1C(=O)O. The van der Waals surface area contributed by atoms with Crippen LogP contribution < -0.4 is 0 Å². The van der Waals surface area contributed by atoms with Crippen LogP contribution in [0.15, 0.2) is 16.7 Å². The van der Waals surface area contributed by atoms with Gasteiger partial charge in [-0.2, -0.15) is 0 Å². The van der Waals surface area contributed by atoms with Gasteiger partial charge in [-0.25, -0.2) is 4.79 Å². The third-order valence-corrected chi connectivity index (χ3v) is 1.85. The topological polar surface area (TPSA) is 68.9 Å². The number of aromatic carboxylic acids is 1. The summed E-state index contributed by atoms with van der Waals surface area (Å²) < 4.78 is 15.1. The summed E-state index contributed by atoms with van der Waals surface area (Å²) in [6, 6.07) is 1.41. The monoisotopic (exact) mass is 214 g/mol. The number of carboxylic acids is 1. The molecule has 0 spiro atoms. The molecular formula is C10H14O5. The Morgan fingerprint density at radius 2 is 2.33 bits per heavy atom. The molecule has 1 heterocycles. The Kier molecular flexibility index (Phi) is 4.86. The van der Waals surface area contributed by atoms with Gasteiger partial charge in [0, 0.05) is 20.3 Å². The van der Waals surface area contributed by atoms with Crippen molar-refractivity contribution in [2.24, 2.45) is 0 Å². The fraction of sp³-hybridized carbons (Fsp3) is 0.500. The molecule has 0 unspecified atom stereocenters. The van der Waals surface area contributed by atoms with E-state index in [1.165, 1.54) is 12.3 Å². The van der Waals surface area contributed by atoms with Gasteiger partial charge >= 0.3 is 5.97 Å². The molecule has 0 radical (unpaired) electrons. The van der Waals surface area contributed by atoms with Crippen molar-refractivity contribution in [3.63, 3.8) is 0 Å². The Morgan fingerprint density at radius 3 is 3.00 bits per heavy atom. The molecule has 15 heavy (non-hydrogen) atoms.